The van der Waals surface area contributed by atoms with Gasteiger partial charge < -0.3 is 4.90 Å². The maximum absolute atomic E-state index is 13.0. The van der Waals surface area contributed by atoms with E-state index in [2.05, 4.69) is 12.1 Å². The van der Waals surface area contributed by atoms with E-state index >= 15 is 0 Å². The number of nitrogens with zero attached hydrogens (tertiary/aromatic N) is 3. The van der Waals surface area contributed by atoms with E-state index in [9.17, 15) is 9.59 Å². The Balaban J connectivity index is 1.59. The van der Waals surface area contributed by atoms with Crippen molar-refractivity contribution >= 4 is 11.7 Å². The predicted molar refractivity (Wildman–Crippen MR) is 108 cm³/mol. The Morgan fingerprint density at radius 1 is 0.929 bits per heavy atom. The number of benzene rings is 2. The van der Waals surface area contributed by atoms with Crippen LogP contribution in [0.15, 0.2) is 54.6 Å². The van der Waals surface area contributed by atoms with Gasteiger partial charge in [-0.1, -0.05) is 42.5 Å². The lowest BCUT2D eigenvalue weighted by Gasteiger charge is -2.20. The molecule has 28 heavy (non-hydrogen) atoms. The van der Waals surface area contributed by atoms with Crippen molar-refractivity contribution in [3.8, 4) is 11.3 Å². The minimum atomic E-state index is -0.0310. The Labute approximate surface area is 164 Å². The average molecular weight is 373 g/mol. The summed E-state index contributed by atoms with van der Waals surface area (Å²) in [6.07, 6.45) is 1.54. The first-order valence-corrected chi connectivity index (χ1v) is 9.55. The van der Waals surface area contributed by atoms with Crippen LogP contribution in [0.5, 0.6) is 0 Å². The molecule has 5 nitrogen and oxygen atoms in total. The smallest absolute Gasteiger partial charge is 0.253 e. The Hall–Kier alpha value is -3.21. The molecule has 142 valence electrons. The zero-order chi connectivity index (χ0) is 19.7. The van der Waals surface area contributed by atoms with Gasteiger partial charge in [0.2, 0.25) is 0 Å². The van der Waals surface area contributed by atoms with E-state index in [0.29, 0.717) is 24.2 Å². The Bertz CT molecular complexity index is 1040. The number of hydrogen-bond acceptors (Lipinski definition) is 3. The first-order chi connectivity index (χ1) is 13.5. The maximum atomic E-state index is 13.0. The fourth-order valence-electron chi connectivity index (χ4n) is 3.86. The van der Waals surface area contributed by atoms with Crippen LogP contribution >= 0.6 is 0 Å². The van der Waals surface area contributed by atoms with Gasteiger partial charge in [-0.05, 0) is 25.5 Å². The average Bonchev–Trinajstić information content (AvgIpc) is 2.89. The van der Waals surface area contributed by atoms with Crippen molar-refractivity contribution in [2.24, 2.45) is 7.05 Å². The van der Waals surface area contributed by atoms with E-state index in [1.165, 1.54) is 18.2 Å². The number of aryl methyl sites for hydroxylation is 1. The lowest BCUT2D eigenvalue weighted by Crippen LogP contribution is -2.33. The van der Waals surface area contributed by atoms with E-state index in [1.54, 1.807) is 24.3 Å². The largest absolute Gasteiger partial charge is 0.338 e. The molecule has 1 aliphatic heterocycles. The molecule has 0 N–H and O–H groups in total. The standard InChI is InChI=1S/C23H23N3O2/c1-16(27)18-9-6-10-19(15-18)23(28)26-13-11-20-21(12-14-26)25(2)24-22(20)17-7-4-3-5-8-17/h3-10,15H,11-14H2,1-2H3. The summed E-state index contributed by atoms with van der Waals surface area (Å²) in [6.45, 7) is 2.80. The number of carbonyl (C=O) groups excluding carboxylic acids is 2. The van der Waals surface area contributed by atoms with Crippen molar-refractivity contribution in [1.29, 1.82) is 0 Å². The summed E-state index contributed by atoms with van der Waals surface area (Å²) >= 11 is 0. The fourth-order valence-corrected chi connectivity index (χ4v) is 3.86. The third kappa shape index (κ3) is 3.36. The molecule has 1 aliphatic rings. The van der Waals surface area contributed by atoms with Gasteiger partial charge in [0.25, 0.3) is 5.91 Å². The highest BCUT2D eigenvalue weighted by Crippen LogP contribution is 2.28. The topological polar surface area (TPSA) is 55.2 Å². The van der Waals surface area contributed by atoms with Crippen LogP contribution in [-0.4, -0.2) is 39.5 Å². The van der Waals surface area contributed by atoms with Crippen molar-refractivity contribution in [1.82, 2.24) is 14.7 Å². The SMILES string of the molecule is CC(=O)c1cccc(C(=O)N2CCc3c(-c4ccccc4)nn(C)c3CC2)c1. The summed E-state index contributed by atoms with van der Waals surface area (Å²) in [7, 11) is 1.97. The Morgan fingerprint density at radius 3 is 2.39 bits per heavy atom. The molecule has 1 amide bonds. The van der Waals surface area contributed by atoms with Crippen LogP contribution in [0.2, 0.25) is 0 Å². The van der Waals surface area contributed by atoms with Gasteiger partial charge in [0.05, 0.1) is 5.69 Å². The number of Topliss-reactive ketones (excluding diaryl/α,β-unsaturated/α-hetero) is 1. The number of fused-ring (bicyclic) bond motifs is 1. The van der Waals surface area contributed by atoms with Gasteiger partial charge >= 0.3 is 0 Å². The summed E-state index contributed by atoms with van der Waals surface area (Å²) in [5.41, 5.74) is 5.66. The summed E-state index contributed by atoms with van der Waals surface area (Å²) in [4.78, 5) is 26.6. The van der Waals surface area contributed by atoms with E-state index < -0.39 is 0 Å². The first kappa shape index (κ1) is 18.2. The normalized spacial score (nSPS) is 13.7. The van der Waals surface area contributed by atoms with Crippen molar-refractivity contribution in [3.63, 3.8) is 0 Å². The third-order valence-corrected chi connectivity index (χ3v) is 5.38. The van der Waals surface area contributed by atoms with Gasteiger partial charge in [-0.3, -0.25) is 14.3 Å². The predicted octanol–water partition coefficient (Wildman–Crippen LogP) is 3.53. The number of aromatic nitrogens is 2. The van der Waals surface area contributed by atoms with Gasteiger partial charge in [0.1, 0.15) is 0 Å². The van der Waals surface area contributed by atoms with Crippen LogP contribution in [0.25, 0.3) is 11.3 Å². The Morgan fingerprint density at radius 2 is 1.64 bits per heavy atom. The minimum absolute atomic E-state index is 0.0230. The molecule has 0 radical (unpaired) electrons. The molecule has 2 heterocycles. The highest BCUT2D eigenvalue weighted by Gasteiger charge is 2.25. The third-order valence-electron chi connectivity index (χ3n) is 5.38. The molecule has 0 bridgehead atoms. The van der Waals surface area contributed by atoms with E-state index in [0.717, 1.165) is 24.1 Å². The van der Waals surface area contributed by atoms with Crippen molar-refractivity contribution in [2.75, 3.05) is 13.1 Å². The van der Waals surface area contributed by atoms with Crippen molar-refractivity contribution < 1.29 is 9.59 Å². The molecule has 0 spiro atoms. The molecule has 0 unspecified atom stereocenters. The molecule has 0 atom stereocenters. The number of rotatable bonds is 3. The second-order valence-electron chi connectivity index (χ2n) is 7.19. The van der Waals surface area contributed by atoms with Crippen LogP contribution in [0.3, 0.4) is 0 Å². The molecule has 0 saturated heterocycles. The van der Waals surface area contributed by atoms with Crippen LogP contribution < -0.4 is 0 Å². The number of carbonyl (C=O) groups is 2. The van der Waals surface area contributed by atoms with Crippen LogP contribution in [-0.2, 0) is 19.9 Å². The molecule has 3 aromatic rings. The maximum Gasteiger partial charge on any atom is 0.253 e. The fraction of sp³-hybridized carbons (Fsp3) is 0.261. The highest BCUT2D eigenvalue weighted by atomic mass is 16.2. The van der Waals surface area contributed by atoms with Crippen molar-refractivity contribution in [3.05, 3.63) is 77.0 Å². The van der Waals surface area contributed by atoms with E-state index in [4.69, 9.17) is 5.10 Å². The monoisotopic (exact) mass is 373 g/mol. The zero-order valence-corrected chi connectivity index (χ0v) is 16.2. The number of hydrogen-bond donors (Lipinski definition) is 0. The first-order valence-electron chi connectivity index (χ1n) is 9.55. The molecule has 0 aliphatic carbocycles. The van der Waals surface area contributed by atoms with E-state index in [1.807, 2.05) is 34.8 Å². The van der Waals surface area contributed by atoms with Gasteiger partial charge in [-0.25, -0.2) is 0 Å². The number of ketones is 1. The molecule has 0 saturated carbocycles. The van der Waals surface area contributed by atoms with Gasteiger partial charge in [-0.15, -0.1) is 0 Å². The lowest BCUT2D eigenvalue weighted by molar-refractivity contribution is 0.0762. The molecule has 4 rings (SSSR count). The zero-order valence-electron chi connectivity index (χ0n) is 16.2. The van der Waals surface area contributed by atoms with Crippen LogP contribution in [0.4, 0.5) is 0 Å². The molecule has 2 aromatic carbocycles. The molecular formula is C23H23N3O2. The summed E-state index contributed by atoms with van der Waals surface area (Å²) < 4.78 is 1.95. The van der Waals surface area contributed by atoms with Gasteiger partial charge in [0.15, 0.2) is 5.78 Å². The van der Waals surface area contributed by atoms with Crippen LogP contribution in [0.1, 0.15) is 38.9 Å². The number of amides is 1. The van der Waals surface area contributed by atoms with E-state index in [-0.39, 0.29) is 11.7 Å². The second kappa shape index (κ2) is 7.43. The summed E-state index contributed by atoms with van der Waals surface area (Å²) in [5.74, 6) is -0.0541. The quantitative estimate of drug-likeness (QED) is 0.660. The van der Waals surface area contributed by atoms with Crippen molar-refractivity contribution in [2.45, 2.75) is 19.8 Å². The molecule has 1 aromatic heterocycles. The molecular weight excluding hydrogens is 350 g/mol. The molecule has 5 heteroatoms. The summed E-state index contributed by atoms with van der Waals surface area (Å²) in [6, 6.07) is 17.2. The summed E-state index contributed by atoms with van der Waals surface area (Å²) in [5, 5.41) is 4.74. The second-order valence-corrected chi connectivity index (χ2v) is 7.19. The highest BCUT2D eigenvalue weighted by molar-refractivity contribution is 5.99. The van der Waals surface area contributed by atoms with Crippen LogP contribution in [0, 0.1) is 0 Å². The Kier molecular flexibility index (Phi) is 4.82. The lowest BCUT2D eigenvalue weighted by atomic mass is 10.0. The molecule has 0 fully saturated rings. The van der Waals surface area contributed by atoms with Gasteiger partial charge in [0, 0.05) is 54.5 Å². The van der Waals surface area contributed by atoms with Gasteiger partial charge in [-0.2, -0.15) is 5.10 Å². The minimum Gasteiger partial charge on any atom is -0.338 e.